The monoisotopic (exact) mass is 378 g/mol. The van der Waals surface area contributed by atoms with E-state index in [0.717, 1.165) is 0 Å². The van der Waals surface area contributed by atoms with Gasteiger partial charge in [-0.05, 0) is 35.0 Å². The molecule has 1 aromatic rings. The van der Waals surface area contributed by atoms with Crippen LogP contribution in [0.15, 0.2) is 16.6 Å². The second-order valence-electron chi connectivity index (χ2n) is 4.62. The van der Waals surface area contributed by atoms with Crippen LogP contribution >= 0.6 is 28.1 Å². The van der Waals surface area contributed by atoms with E-state index < -0.39 is 0 Å². The molecule has 0 bridgehead atoms. The SMILES string of the molecule is COCCN(c1ccc(C(N)=S)c(Br)c1F)C(C)COC. The number of nitrogens with zero attached hydrogens (tertiary/aromatic N) is 1. The van der Waals surface area contributed by atoms with Crippen molar-refractivity contribution in [3.05, 3.63) is 28.0 Å². The van der Waals surface area contributed by atoms with Crippen LogP contribution in [-0.4, -0.2) is 45.0 Å². The molecule has 1 rings (SSSR count). The molecule has 0 fully saturated rings. The number of anilines is 1. The van der Waals surface area contributed by atoms with Crippen molar-refractivity contribution < 1.29 is 13.9 Å². The molecular weight excluding hydrogens is 359 g/mol. The van der Waals surface area contributed by atoms with Gasteiger partial charge in [-0.2, -0.15) is 0 Å². The molecular formula is C14H20BrFN2O2S. The Hall–Kier alpha value is -0.760. The predicted molar refractivity (Wildman–Crippen MR) is 90.5 cm³/mol. The van der Waals surface area contributed by atoms with E-state index in [-0.39, 0.29) is 21.3 Å². The summed E-state index contributed by atoms with van der Waals surface area (Å²) in [5.41, 5.74) is 6.52. The molecule has 0 saturated heterocycles. The topological polar surface area (TPSA) is 47.7 Å². The molecule has 118 valence electrons. The Labute approximate surface area is 138 Å². The van der Waals surface area contributed by atoms with Crippen molar-refractivity contribution in [3.8, 4) is 0 Å². The Morgan fingerprint density at radius 2 is 2.10 bits per heavy atom. The number of hydrogen-bond donors (Lipinski definition) is 1. The highest BCUT2D eigenvalue weighted by molar-refractivity contribution is 9.10. The molecule has 1 aromatic carbocycles. The quantitative estimate of drug-likeness (QED) is 0.704. The summed E-state index contributed by atoms with van der Waals surface area (Å²) in [7, 11) is 3.23. The molecule has 21 heavy (non-hydrogen) atoms. The molecule has 0 aliphatic heterocycles. The van der Waals surface area contributed by atoms with Crippen LogP contribution in [0.5, 0.6) is 0 Å². The Morgan fingerprint density at radius 1 is 1.43 bits per heavy atom. The third kappa shape index (κ3) is 4.60. The summed E-state index contributed by atoms with van der Waals surface area (Å²) < 4.78 is 25.1. The van der Waals surface area contributed by atoms with Crippen molar-refractivity contribution in [3.63, 3.8) is 0 Å². The average Bonchev–Trinajstić information content (AvgIpc) is 2.43. The summed E-state index contributed by atoms with van der Waals surface area (Å²) in [5.74, 6) is -0.389. The first kappa shape index (κ1) is 18.3. The molecule has 4 nitrogen and oxygen atoms in total. The Balaban J connectivity index is 3.18. The lowest BCUT2D eigenvalue weighted by molar-refractivity contribution is 0.170. The minimum atomic E-state index is -0.389. The zero-order valence-corrected chi connectivity index (χ0v) is 14.8. The number of benzene rings is 1. The lowest BCUT2D eigenvalue weighted by Gasteiger charge is -2.31. The first-order chi connectivity index (χ1) is 9.93. The summed E-state index contributed by atoms with van der Waals surface area (Å²) in [6, 6.07) is 3.39. The summed E-state index contributed by atoms with van der Waals surface area (Å²) in [4.78, 5) is 2.05. The third-order valence-corrected chi connectivity index (χ3v) is 4.11. The van der Waals surface area contributed by atoms with E-state index in [2.05, 4.69) is 15.9 Å². The first-order valence-corrected chi connectivity index (χ1v) is 7.66. The van der Waals surface area contributed by atoms with Crippen molar-refractivity contribution in [1.82, 2.24) is 0 Å². The van der Waals surface area contributed by atoms with Crippen LogP contribution in [0.4, 0.5) is 10.1 Å². The molecule has 0 aliphatic rings. The summed E-state index contributed by atoms with van der Waals surface area (Å²) in [6.45, 7) is 3.49. The van der Waals surface area contributed by atoms with Crippen molar-refractivity contribution in [2.24, 2.45) is 5.73 Å². The molecule has 0 heterocycles. The molecule has 1 unspecified atom stereocenters. The number of nitrogens with two attached hydrogens (primary N) is 1. The van der Waals surface area contributed by atoms with Gasteiger partial charge in [0.1, 0.15) is 4.99 Å². The molecule has 0 aromatic heterocycles. The minimum absolute atomic E-state index is 0.00206. The minimum Gasteiger partial charge on any atom is -0.389 e. The maximum absolute atomic E-state index is 14.6. The third-order valence-electron chi connectivity index (χ3n) is 3.11. The van der Waals surface area contributed by atoms with Crippen LogP contribution in [0.1, 0.15) is 12.5 Å². The van der Waals surface area contributed by atoms with Crippen molar-refractivity contribution in [2.45, 2.75) is 13.0 Å². The molecule has 0 saturated carbocycles. The lowest BCUT2D eigenvalue weighted by Crippen LogP contribution is -2.39. The number of methoxy groups -OCH3 is 2. The summed E-state index contributed by atoms with van der Waals surface area (Å²) in [6.07, 6.45) is 0. The van der Waals surface area contributed by atoms with Gasteiger partial charge >= 0.3 is 0 Å². The molecule has 0 aliphatic carbocycles. The Morgan fingerprint density at radius 3 is 2.62 bits per heavy atom. The molecule has 2 N–H and O–H groups in total. The van der Waals surface area contributed by atoms with Crippen LogP contribution in [0.3, 0.4) is 0 Å². The molecule has 7 heteroatoms. The van der Waals surface area contributed by atoms with E-state index in [1.807, 2.05) is 11.8 Å². The highest BCUT2D eigenvalue weighted by atomic mass is 79.9. The maximum Gasteiger partial charge on any atom is 0.161 e. The molecule has 0 amide bonds. The van der Waals surface area contributed by atoms with Gasteiger partial charge in [-0.1, -0.05) is 12.2 Å². The number of thiocarbonyl (C=S) groups is 1. The van der Waals surface area contributed by atoms with Crippen molar-refractivity contribution >= 4 is 38.8 Å². The highest BCUT2D eigenvalue weighted by Gasteiger charge is 2.21. The standard InChI is InChI=1S/C14H20BrFN2O2S/c1-9(8-20-3)18(6-7-19-2)11-5-4-10(14(17)21)12(15)13(11)16/h4-5,9H,6-8H2,1-3H3,(H2,17,21). The van der Waals surface area contributed by atoms with Gasteiger partial charge in [-0.25, -0.2) is 4.39 Å². The highest BCUT2D eigenvalue weighted by Crippen LogP contribution is 2.30. The average molecular weight is 379 g/mol. The zero-order valence-electron chi connectivity index (χ0n) is 12.4. The van der Waals surface area contributed by atoms with Gasteiger partial charge in [0.15, 0.2) is 5.82 Å². The van der Waals surface area contributed by atoms with Gasteiger partial charge in [-0.15, -0.1) is 0 Å². The van der Waals surface area contributed by atoms with E-state index >= 15 is 0 Å². The molecule has 1 atom stereocenters. The lowest BCUT2D eigenvalue weighted by atomic mass is 10.1. The second kappa shape index (κ2) is 8.63. The number of rotatable bonds is 8. The summed E-state index contributed by atoms with van der Waals surface area (Å²) in [5, 5.41) is 0. The number of hydrogen-bond acceptors (Lipinski definition) is 4. The number of ether oxygens (including phenoxy) is 2. The van der Waals surface area contributed by atoms with E-state index in [1.54, 1.807) is 26.4 Å². The smallest absolute Gasteiger partial charge is 0.161 e. The predicted octanol–water partition coefficient (Wildman–Crippen LogP) is 2.71. The van der Waals surface area contributed by atoms with E-state index in [1.165, 1.54) is 0 Å². The second-order valence-corrected chi connectivity index (χ2v) is 5.85. The van der Waals surface area contributed by atoms with E-state index in [0.29, 0.717) is 31.0 Å². The van der Waals surface area contributed by atoms with Crippen LogP contribution in [0.2, 0.25) is 0 Å². The van der Waals surface area contributed by atoms with Crippen LogP contribution in [0, 0.1) is 5.82 Å². The summed E-state index contributed by atoms with van der Waals surface area (Å²) >= 11 is 8.13. The van der Waals surface area contributed by atoms with Crippen molar-refractivity contribution in [1.29, 1.82) is 0 Å². The van der Waals surface area contributed by atoms with Gasteiger partial charge in [-0.3, -0.25) is 0 Å². The van der Waals surface area contributed by atoms with Crippen molar-refractivity contribution in [2.75, 3.05) is 38.9 Å². The van der Waals surface area contributed by atoms with E-state index in [9.17, 15) is 4.39 Å². The fraction of sp³-hybridized carbons (Fsp3) is 0.500. The van der Waals surface area contributed by atoms with Crippen LogP contribution in [0.25, 0.3) is 0 Å². The fourth-order valence-corrected chi connectivity index (χ4v) is 2.90. The fourth-order valence-electron chi connectivity index (χ4n) is 2.05. The Bertz CT molecular complexity index is 502. The van der Waals surface area contributed by atoms with Gasteiger partial charge in [0.2, 0.25) is 0 Å². The number of halogens is 2. The Kier molecular flexibility index (Phi) is 7.51. The molecule has 0 spiro atoms. The van der Waals surface area contributed by atoms with Gasteiger partial charge in [0.05, 0.1) is 23.4 Å². The first-order valence-electron chi connectivity index (χ1n) is 6.46. The largest absolute Gasteiger partial charge is 0.389 e. The van der Waals surface area contributed by atoms with Gasteiger partial charge in [0, 0.05) is 32.4 Å². The zero-order chi connectivity index (χ0) is 16.0. The van der Waals surface area contributed by atoms with Gasteiger partial charge < -0.3 is 20.1 Å². The normalized spacial score (nSPS) is 12.2. The van der Waals surface area contributed by atoms with Crippen LogP contribution in [-0.2, 0) is 9.47 Å². The van der Waals surface area contributed by atoms with E-state index in [4.69, 9.17) is 27.4 Å². The maximum atomic E-state index is 14.6. The molecule has 0 radical (unpaired) electrons. The van der Waals surface area contributed by atoms with Gasteiger partial charge in [0.25, 0.3) is 0 Å². The van der Waals surface area contributed by atoms with Crippen LogP contribution < -0.4 is 10.6 Å².